The van der Waals surface area contributed by atoms with Crippen molar-refractivity contribution in [2.24, 2.45) is 11.8 Å². The van der Waals surface area contributed by atoms with Crippen LogP contribution in [-0.4, -0.2) is 18.7 Å². The summed E-state index contributed by atoms with van der Waals surface area (Å²) in [7, 11) is 1.86. The molecule has 14 heavy (non-hydrogen) atoms. The summed E-state index contributed by atoms with van der Waals surface area (Å²) in [4.78, 5) is 0. The van der Waals surface area contributed by atoms with Crippen LogP contribution in [0.15, 0.2) is 0 Å². The molecule has 0 aromatic carbocycles. The van der Waals surface area contributed by atoms with Crippen molar-refractivity contribution in [2.75, 3.05) is 13.6 Å². The molecule has 82 valence electrons. The van der Waals surface area contributed by atoms with E-state index in [1.165, 1.54) is 32.1 Å². The number of hydrogen-bond acceptors (Lipinski definition) is 1. The number of rotatable bonds is 3. The van der Waals surface area contributed by atoms with Gasteiger partial charge in [-0.1, -0.05) is 26.2 Å². The third kappa shape index (κ3) is 3.82. The maximum atomic E-state index is 5.05. The van der Waals surface area contributed by atoms with E-state index in [9.17, 15) is 0 Å². The quantitative estimate of drug-likeness (QED) is 0.705. The first-order valence-electron chi connectivity index (χ1n) is 5.71. The third-order valence-electron chi connectivity index (χ3n) is 3.32. The Morgan fingerprint density at radius 1 is 1.21 bits per heavy atom. The SMILES string of the molecule is CCC1CCC(CNC(=S)NC)CC1. The first-order chi connectivity index (χ1) is 6.76. The van der Waals surface area contributed by atoms with E-state index in [1.807, 2.05) is 7.05 Å². The highest BCUT2D eigenvalue weighted by Gasteiger charge is 2.19. The molecule has 0 aliphatic heterocycles. The van der Waals surface area contributed by atoms with Crippen molar-refractivity contribution in [3.05, 3.63) is 0 Å². The van der Waals surface area contributed by atoms with Gasteiger partial charge in [0.25, 0.3) is 0 Å². The maximum Gasteiger partial charge on any atom is 0.166 e. The molecule has 1 saturated carbocycles. The van der Waals surface area contributed by atoms with E-state index in [1.54, 1.807) is 0 Å². The van der Waals surface area contributed by atoms with Crippen LogP contribution in [0.1, 0.15) is 39.0 Å². The molecule has 0 atom stereocenters. The average molecular weight is 214 g/mol. The van der Waals surface area contributed by atoms with Crippen LogP contribution in [0, 0.1) is 11.8 Å². The molecule has 0 saturated heterocycles. The molecule has 0 bridgehead atoms. The van der Waals surface area contributed by atoms with Gasteiger partial charge < -0.3 is 10.6 Å². The van der Waals surface area contributed by atoms with E-state index >= 15 is 0 Å². The Morgan fingerprint density at radius 3 is 2.29 bits per heavy atom. The molecular formula is C11H22N2S. The number of nitrogens with one attached hydrogen (secondary N) is 2. The zero-order valence-corrected chi connectivity index (χ0v) is 10.1. The molecule has 0 spiro atoms. The summed E-state index contributed by atoms with van der Waals surface area (Å²) < 4.78 is 0. The molecule has 3 heteroatoms. The Balaban J connectivity index is 2.13. The van der Waals surface area contributed by atoms with Crippen LogP contribution in [0.4, 0.5) is 0 Å². The minimum atomic E-state index is 0.780. The summed E-state index contributed by atoms with van der Waals surface area (Å²) in [5, 5.41) is 6.98. The monoisotopic (exact) mass is 214 g/mol. The molecule has 2 N–H and O–H groups in total. The van der Waals surface area contributed by atoms with E-state index in [0.717, 1.165) is 23.5 Å². The van der Waals surface area contributed by atoms with Gasteiger partial charge in [-0.3, -0.25) is 0 Å². The minimum absolute atomic E-state index is 0.780. The van der Waals surface area contributed by atoms with Gasteiger partial charge in [0.2, 0.25) is 0 Å². The second-order valence-corrected chi connectivity index (χ2v) is 4.66. The summed E-state index contributed by atoms with van der Waals surface area (Å²) in [5.74, 6) is 1.83. The Labute approximate surface area is 92.8 Å². The first kappa shape index (κ1) is 11.8. The molecule has 0 radical (unpaired) electrons. The van der Waals surface area contributed by atoms with Crippen molar-refractivity contribution in [3.63, 3.8) is 0 Å². The van der Waals surface area contributed by atoms with Gasteiger partial charge in [-0.15, -0.1) is 0 Å². The standard InChI is InChI=1S/C11H22N2S/c1-3-9-4-6-10(7-5-9)8-13-11(14)12-2/h9-10H,3-8H2,1-2H3,(H2,12,13,14). The Hall–Kier alpha value is -0.310. The fraction of sp³-hybridized carbons (Fsp3) is 0.909. The number of thiocarbonyl (C=S) groups is 1. The predicted molar refractivity (Wildman–Crippen MR) is 65.4 cm³/mol. The van der Waals surface area contributed by atoms with Crippen molar-refractivity contribution >= 4 is 17.3 Å². The Kier molecular flexibility index (Phi) is 5.23. The lowest BCUT2D eigenvalue weighted by molar-refractivity contribution is 0.269. The number of hydrogen-bond donors (Lipinski definition) is 2. The van der Waals surface area contributed by atoms with E-state index in [-0.39, 0.29) is 0 Å². The zero-order chi connectivity index (χ0) is 10.4. The molecule has 0 heterocycles. The molecule has 0 aromatic rings. The molecule has 1 aliphatic rings. The minimum Gasteiger partial charge on any atom is -0.366 e. The van der Waals surface area contributed by atoms with Crippen LogP contribution < -0.4 is 10.6 Å². The van der Waals surface area contributed by atoms with E-state index in [2.05, 4.69) is 17.6 Å². The van der Waals surface area contributed by atoms with Crippen molar-refractivity contribution < 1.29 is 0 Å². The average Bonchev–Trinajstić information content (AvgIpc) is 2.26. The van der Waals surface area contributed by atoms with Gasteiger partial charge in [-0.25, -0.2) is 0 Å². The van der Waals surface area contributed by atoms with Gasteiger partial charge >= 0.3 is 0 Å². The summed E-state index contributed by atoms with van der Waals surface area (Å²) in [5.41, 5.74) is 0. The summed E-state index contributed by atoms with van der Waals surface area (Å²) in [6.45, 7) is 3.36. The van der Waals surface area contributed by atoms with Crippen molar-refractivity contribution in [2.45, 2.75) is 39.0 Å². The summed E-state index contributed by atoms with van der Waals surface area (Å²) in [6.07, 6.45) is 6.93. The van der Waals surface area contributed by atoms with Crippen molar-refractivity contribution in [1.29, 1.82) is 0 Å². The molecular weight excluding hydrogens is 192 g/mol. The van der Waals surface area contributed by atoms with Crippen LogP contribution in [0.3, 0.4) is 0 Å². The smallest absolute Gasteiger partial charge is 0.166 e. The van der Waals surface area contributed by atoms with Gasteiger partial charge in [-0.2, -0.15) is 0 Å². The normalized spacial score (nSPS) is 27.0. The molecule has 1 rings (SSSR count). The maximum absolute atomic E-state index is 5.05. The van der Waals surface area contributed by atoms with Crippen molar-refractivity contribution in [3.8, 4) is 0 Å². The first-order valence-corrected chi connectivity index (χ1v) is 6.12. The van der Waals surface area contributed by atoms with Gasteiger partial charge in [0.1, 0.15) is 0 Å². The predicted octanol–water partition coefficient (Wildman–Crippen LogP) is 2.30. The topological polar surface area (TPSA) is 24.1 Å². The molecule has 0 aromatic heterocycles. The van der Waals surface area contributed by atoms with Crippen molar-refractivity contribution in [1.82, 2.24) is 10.6 Å². The molecule has 1 aliphatic carbocycles. The molecule has 2 nitrogen and oxygen atoms in total. The fourth-order valence-corrected chi connectivity index (χ4v) is 2.25. The van der Waals surface area contributed by atoms with E-state index < -0.39 is 0 Å². The second-order valence-electron chi connectivity index (χ2n) is 4.26. The van der Waals surface area contributed by atoms with E-state index in [0.29, 0.717) is 0 Å². The van der Waals surface area contributed by atoms with Crippen LogP contribution in [0.5, 0.6) is 0 Å². The largest absolute Gasteiger partial charge is 0.366 e. The summed E-state index contributed by atoms with van der Waals surface area (Å²) >= 11 is 5.05. The zero-order valence-electron chi connectivity index (χ0n) is 9.31. The second kappa shape index (κ2) is 6.23. The Bertz CT molecular complexity index is 174. The van der Waals surface area contributed by atoms with Gasteiger partial charge in [0.05, 0.1) is 0 Å². The van der Waals surface area contributed by atoms with E-state index in [4.69, 9.17) is 12.2 Å². The lowest BCUT2D eigenvalue weighted by atomic mass is 9.81. The highest BCUT2D eigenvalue weighted by Crippen LogP contribution is 2.29. The highest BCUT2D eigenvalue weighted by atomic mass is 32.1. The van der Waals surface area contributed by atoms with Gasteiger partial charge in [0, 0.05) is 13.6 Å². The molecule has 0 unspecified atom stereocenters. The lowest BCUT2D eigenvalue weighted by Crippen LogP contribution is -2.36. The van der Waals surface area contributed by atoms with Gasteiger partial charge in [0.15, 0.2) is 5.11 Å². The van der Waals surface area contributed by atoms with Crippen LogP contribution >= 0.6 is 12.2 Å². The Morgan fingerprint density at radius 2 is 1.79 bits per heavy atom. The molecule has 1 fully saturated rings. The van der Waals surface area contributed by atoms with Crippen LogP contribution in [-0.2, 0) is 0 Å². The lowest BCUT2D eigenvalue weighted by Gasteiger charge is -2.28. The van der Waals surface area contributed by atoms with Gasteiger partial charge in [-0.05, 0) is 36.9 Å². The van der Waals surface area contributed by atoms with Crippen LogP contribution in [0.25, 0.3) is 0 Å². The third-order valence-corrected chi connectivity index (χ3v) is 3.67. The molecule has 0 amide bonds. The highest BCUT2D eigenvalue weighted by molar-refractivity contribution is 7.80. The fourth-order valence-electron chi connectivity index (χ4n) is 2.17. The van der Waals surface area contributed by atoms with Crippen LogP contribution in [0.2, 0.25) is 0 Å². The summed E-state index contributed by atoms with van der Waals surface area (Å²) in [6, 6.07) is 0.